The highest BCUT2D eigenvalue weighted by Gasteiger charge is 2.15. The van der Waals surface area contributed by atoms with Crippen LogP contribution in [0.15, 0.2) is 18.2 Å². The van der Waals surface area contributed by atoms with Gasteiger partial charge < -0.3 is 4.74 Å². The van der Waals surface area contributed by atoms with Crippen LogP contribution in [-0.4, -0.2) is 11.9 Å². The first kappa shape index (κ1) is 17.6. The predicted molar refractivity (Wildman–Crippen MR) is 92.3 cm³/mol. The zero-order chi connectivity index (χ0) is 15.1. The summed E-state index contributed by atoms with van der Waals surface area (Å²) in [5, 5.41) is 1.08. The topological polar surface area (TPSA) is 9.23 Å². The van der Waals surface area contributed by atoms with Gasteiger partial charge in [-0.3, -0.25) is 0 Å². The molecule has 0 bridgehead atoms. The molecular formula is C18H29BrO. The van der Waals surface area contributed by atoms with Gasteiger partial charge in [0.15, 0.2) is 0 Å². The van der Waals surface area contributed by atoms with Crippen LogP contribution in [0.2, 0.25) is 0 Å². The van der Waals surface area contributed by atoms with Gasteiger partial charge in [0.05, 0.1) is 6.61 Å². The quantitative estimate of drug-likeness (QED) is 0.517. The van der Waals surface area contributed by atoms with Crippen molar-refractivity contribution in [2.45, 2.75) is 59.3 Å². The first-order valence-corrected chi connectivity index (χ1v) is 8.91. The van der Waals surface area contributed by atoms with E-state index in [0.29, 0.717) is 17.8 Å². The van der Waals surface area contributed by atoms with Crippen molar-refractivity contribution in [2.75, 3.05) is 11.9 Å². The minimum atomic E-state index is 0.503. The number of para-hydroxylation sites is 1. The van der Waals surface area contributed by atoms with Gasteiger partial charge in [-0.2, -0.15) is 0 Å². The molecule has 0 N–H and O–H groups in total. The van der Waals surface area contributed by atoms with E-state index < -0.39 is 0 Å². The summed E-state index contributed by atoms with van der Waals surface area (Å²) in [7, 11) is 0. The zero-order valence-corrected chi connectivity index (χ0v) is 15.2. The standard InChI is InChI=1S/C18H29BrO/c1-13(2)16-7-6-8-17(14(3)4)18(16)20-12-10-15(5)9-11-19/h6-8,13-15H,9-12H2,1-5H3. The summed E-state index contributed by atoms with van der Waals surface area (Å²) in [5.41, 5.74) is 2.67. The summed E-state index contributed by atoms with van der Waals surface area (Å²) in [5.74, 6) is 2.85. The molecule has 0 fully saturated rings. The number of hydrogen-bond donors (Lipinski definition) is 0. The summed E-state index contributed by atoms with van der Waals surface area (Å²) in [6, 6.07) is 6.56. The Morgan fingerprint density at radius 1 is 0.950 bits per heavy atom. The molecule has 20 heavy (non-hydrogen) atoms. The van der Waals surface area contributed by atoms with Gasteiger partial charge in [0.2, 0.25) is 0 Å². The lowest BCUT2D eigenvalue weighted by molar-refractivity contribution is 0.275. The van der Waals surface area contributed by atoms with Crippen LogP contribution in [0, 0.1) is 5.92 Å². The summed E-state index contributed by atoms with van der Waals surface area (Å²) in [6.45, 7) is 12.1. The zero-order valence-electron chi connectivity index (χ0n) is 13.6. The molecular weight excluding hydrogens is 312 g/mol. The molecule has 0 saturated heterocycles. The van der Waals surface area contributed by atoms with E-state index in [2.05, 4.69) is 68.7 Å². The predicted octanol–water partition coefficient (Wildman–Crippen LogP) is 6.12. The fraction of sp³-hybridized carbons (Fsp3) is 0.667. The van der Waals surface area contributed by atoms with Gasteiger partial charge >= 0.3 is 0 Å². The normalized spacial score (nSPS) is 13.0. The third-order valence-electron chi connectivity index (χ3n) is 3.78. The molecule has 0 aliphatic heterocycles. The third kappa shape index (κ3) is 5.12. The first-order chi connectivity index (χ1) is 9.47. The van der Waals surface area contributed by atoms with Crippen molar-refractivity contribution in [3.63, 3.8) is 0 Å². The van der Waals surface area contributed by atoms with E-state index in [1.54, 1.807) is 0 Å². The molecule has 1 nitrogen and oxygen atoms in total. The fourth-order valence-corrected chi connectivity index (χ4v) is 3.12. The van der Waals surface area contributed by atoms with Crippen molar-refractivity contribution in [2.24, 2.45) is 5.92 Å². The van der Waals surface area contributed by atoms with Gasteiger partial charge in [-0.15, -0.1) is 0 Å². The van der Waals surface area contributed by atoms with Crippen LogP contribution < -0.4 is 4.74 Å². The number of rotatable bonds is 8. The largest absolute Gasteiger partial charge is 0.493 e. The second-order valence-electron chi connectivity index (χ2n) is 6.29. The second kappa shape index (κ2) is 8.71. The Hall–Kier alpha value is -0.500. The Kier molecular flexibility index (Phi) is 7.65. The smallest absolute Gasteiger partial charge is 0.126 e. The van der Waals surface area contributed by atoms with Gasteiger partial charge in [-0.1, -0.05) is 68.7 Å². The SMILES string of the molecule is CC(CCBr)CCOc1c(C(C)C)cccc1C(C)C. The van der Waals surface area contributed by atoms with Crippen LogP contribution in [0.4, 0.5) is 0 Å². The molecule has 1 aromatic rings. The van der Waals surface area contributed by atoms with E-state index >= 15 is 0 Å². The van der Waals surface area contributed by atoms with E-state index in [-0.39, 0.29) is 0 Å². The molecule has 0 amide bonds. The maximum atomic E-state index is 6.19. The average molecular weight is 341 g/mol. The van der Waals surface area contributed by atoms with Crippen molar-refractivity contribution in [3.8, 4) is 5.75 Å². The summed E-state index contributed by atoms with van der Waals surface area (Å²) in [6.07, 6.45) is 2.34. The van der Waals surface area contributed by atoms with E-state index in [1.165, 1.54) is 17.5 Å². The Morgan fingerprint density at radius 2 is 1.50 bits per heavy atom. The molecule has 0 saturated carbocycles. The van der Waals surface area contributed by atoms with Crippen molar-refractivity contribution in [1.29, 1.82) is 0 Å². The first-order valence-electron chi connectivity index (χ1n) is 7.78. The minimum Gasteiger partial charge on any atom is -0.493 e. The summed E-state index contributed by atoms with van der Waals surface area (Å²) < 4.78 is 6.19. The average Bonchev–Trinajstić information content (AvgIpc) is 2.38. The maximum absolute atomic E-state index is 6.19. The van der Waals surface area contributed by atoms with Crippen molar-refractivity contribution in [1.82, 2.24) is 0 Å². The molecule has 0 radical (unpaired) electrons. The van der Waals surface area contributed by atoms with Crippen LogP contribution in [0.3, 0.4) is 0 Å². The lowest BCUT2D eigenvalue weighted by Gasteiger charge is -2.20. The molecule has 1 aromatic carbocycles. The Labute approximate surface area is 133 Å². The van der Waals surface area contributed by atoms with Gasteiger partial charge in [0.25, 0.3) is 0 Å². The molecule has 0 aliphatic rings. The summed E-state index contributed by atoms with van der Waals surface area (Å²) in [4.78, 5) is 0. The van der Waals surface area contributed by atoms with E-state index in [9.17, 15) is 0 Å². The van der Waals surface area contributed by atoms with Crippen LogP contribution in [-0.2, 0) is 0 Å². The van der Waals surface area contributed by atoms with E-state index in [0.717, 1.165) is 24.1 Å². The summed E-state index contributed by atoms with van der Waals surface area (Å²) >= 11 is 3.51. The molecule has 1 atom stereocenters. The van der Waals surface area contributed by atoms with Crippen molar-refractivity contribution >= 4 is 15.9 Å². The fourth-order valence-electron chi connectivity index (χ4n) is 2.34. The molecule has 0 aromatic heterocycles. The molecule has 2 heteroatoms. The monoisotopic (exact) mass is 340 g/mol. The van der Waals surface area contributed by atoms with Gasteiger partial charge in [-0.25, -0.2) is 0 Å². The molecule has 0 heterocycles. The van der Waals surface area contributed by atoms with Crippen LogP contribution in [0.25, 0.3) is 0 Å². The number of halogens is 1. The van der Waals surface area contributed by atoms with Crippen molar-refractivity contribution < 1.29 is 4.74 Å². The number of benzene rings is 1. The van der Waals surface area contributed by atoms with Crippen LogP contribution in [0.1, 0.15) is 70.4 Å². The third-order valence-corrected chi connectivity index (χ3v) is 4.24. The van der Waals surface area contributed by atoms with Gasteiger partial charge in [0, 0.05) is 5.33 Å². The Balaban J connectivity index is 2.80. The lowest BCUT2D eigenvalue weighted by Crippen LogP contribution is -2.08. The van der Waals surface area contributed by atoms with Gasteiger partial charge in [-0.05, 0) is 41.7 Å². The lowest BCUT2D eigenvalue weighted by atomic mass is 9.94. The van der Waals surface area contributed by atoms with E-state index in [1.807, 2.05) is 0 Å². The van der Waals surface area contributed by atoms with Crippen molar-refractivity contribution in [3.05, 3.63) is 29.3 Å². The highest BCUT2D eigenvalue weighted by atomic mass is 79.9. The molecule has 114 valence electrons. The molecule has 1 unspecified atom stereocenters. The van der Waals surface area contributed by atoms with Crippen LogP contribution in [0.5, 0.6) is 5.75 Å². The maximum Gasteiger partial charge on any atom is 0.126 e. The second-order valence-corrected chi connectivity index (χ2v) is 7.09. The van der Waals surface area contributed by atoms with Gasteiger partial charge in [0.1, 0.15) is 5.75 Å². The molecule has 1 rings (SSSR count). The molecule has 0 aliphatic carbocycles. The number of ether oxygens (including phenoxy) is 1. The molecule has 0 spiro atoms. The Bertz CT molecular complexity index is 372. The highest BCUT2D eigenvalue weighted by molar-refractivity contribution is 9.09. The highest BCUT2D eigenvalue weighted by Crippen LogP contribution is 2.34. The number of hydrogen-bond acceptors (Lipinski definition) is 1. The van der Waals surface area contributed by atoms with Crippen LogP contribution >= 0.6 is 15.9 Å². The van der Waals surface area contributed by atoms with E-state index in [4.69, 9.17) is 4.74 Å². The minimum absolute atomic E-state index is 0.503. The Morgan fingerprint density at radius 3 is 1.95 bits per heavy atom. The number of alkyl halides is 1.